The topological polar surface area (TPSA) is 91.2 Å². The van der Waals surface area contributed by atoms with E-state index in [1.54, 1.807) is 30.9 Å². The number of aromatic nitrogens is 4. The summed E-state index contributed by atoms with van der Waals surface area (Å²) in [5.74, 6) is 1.82. The molecule has 8 nitrogen and oxygen atoms in total. The van der Waals surface area contributed by atoms with Gasteiger partial charge in [0.1, 0.15) is 0 Å². The van der Waals surface area contributed by atoms with Crippen molar-refractivity contribution in [2.24, 2.45) is 30.9 Å². The smallest absolute Gasteiger partial charge is 0.309 e. The molecule has 0 N–H and O–H groups in total. The third kappa shape index (κ3) is 3.87. The average Bonchev–Trinajstić information content (AvgIpc) is 3.54. The number of hydrogen-bond donors (Lipinski definition) is 0. The fraction of sp³-hybridized carbons (Fsp3) is 0.400. The van der Waals surface area contributed by atoms with Gasteiger partial charge >= 0.3 is 5.69 Å². The third-order valence-electron chi connectivity index (χ3n) is 6.69. The summed E-state index contributed by atoms with van der Waals surface area (Å²) in [5, 5.41) is 0.677. The number of aryl methyl sites for hydroxylation is 1. The minimum atomic E-state index is -0.403. The highest BCUT2D eigenvalue weighted by atomic mass is 32.2. The highest BCUT2D eigenvalue weighted by Gasteiger charge is 2.41. The van der Waals surface area contributed by atoms with Crippen LogP contribution in [0.1, 0.15) is 42.6 Å². The maximum absolute atomic E-state index is 13.1. The SMILES string of the molecule is CCC1=CC2CC2C(CSc2nc3c(c(=O)n(C)c(=O)n3C)n2Cc2ccc(C(C)=O)cc2)=N1. The van der Waals surface area contributed by atoms with Crippen LogP contribution < -0.4 is 11.2 Å². The molecule has 0 spiro atoms. The second-order valence-corrected chi connectivity index (χ2v) is 9.96. The molecule has 2 aromatic heterocycles. The van der Waals surface area contributed by atoms with E-state index >= 15 is 0 Å². The second kappa shape index (κ2) is 8.54. The summed E-state index contributed by atoms with van der Waals surface area (Å²) in [6.45, 7) is 4.06. The molecule has 9 heteroatoms. The number of thioether (sulfide) groups is 1. The van der Waals surface area contributed by atoms with Crippen LogP contribution in [0.15, 0.2) is 55.8 Å². The normalized spacial score (nSPS) is 19.1. The molecular formula is C25H27N5O3S. The van der Waals surface area contributed by atoms with E-state index in [2.05, 4.69) is 13.0 Å². The number of ketones is 1. The van der Waals surface area contributed by atoms with E-state index < -0.39 is 5.69 Å². The summed E-state index contributed by atoms with van der Waals surface area (Å²) in [5.41, 5.74) is 3.90. The summed E-state index contributed by atoms with van der Waals surface area (Å²) in [7, 11) is 3.12. The molecule has 3 heterocycles. The van der Waals surface area contributed by atoms with Crippen LogP contribution in [0.5, 0.6) is 0 Å². The molecule has 1 fully saturated rings. The van der Waals surface area contributed by atoms with Crippen LogP contribution in [0.25, 0.3) is 11.2 Å². The summed E-state index contributed by atoms with van der Waals surface area (Å²) >= 11 is 1.55. The van der Waals surface area contributed by atoms with E-state index in [4.69, 9.17) is 9.98 Å². The molecule has 2 aliphatic rings. The van der Waals surface area contributed by atoms with E-state index in [9.17, 15) is 14.4 Å². The van der Waals surface area contributed by atoms with Crippen LogP contribution in [0, 0.1) is 11.8 Å². The monoisotopic (exact) mass is 477 g/mol. The van der Waals surface area contributed by atoms with Gasteiger partial charge in [-0.1, -0.05) is 49.0 Å². The average molecular weight is 478 g/mol. The molecular weight excluding hydrogens is 450 g/mol. The largest absolute Gasteiger partial charge is 0.332 e. The van der Waals surface area contributed by atoms with Gasteiger partial charge in [-0.05, 0) is 31.2 Å². The quantitative estimate of drug-likeness (QED) is 0.385. The van der Waals surface area contributed by atoms with E-state index in [-0.39, 0.29) is 11.3 Å². The van der Waals surface area contributed by atoms with Crippen molar-refractivity contribution < 1.29 is 4.79 Å². The van der Waals surface area contributed by atoms with Crippen LogP contribution in [0.2, 0.25) is 0 Å². The maximum atomic E-state index is 13.1. The van der Waals surface area contributed by atoms with Gasteiger partial charge in [0.05, 0.1) is 6.54 Å². The molecule has 34 heavy (non-hydrogen) atoms. The number of carbonyl (C=O) groups is 1. The number of nitrogens with zero attached hydrogens (tertiary/aromatic N) is 5. The predicted octanol–water partition coefficient (Wildman–Crippen LogP) is 3.16. The molecule has 3 aromatic rings. The van der Waals surface area contributed by atoms with Gasteiger partial charge < -0.3 is 4.57 Å². The van der Waals surface area contributed by atoms with Crippen LogP contribution in [0.3, 0.4) is 0 Å². The molecule has 5 rings (SSSR count). The lowest BCUT2D eigenvalue weighted by Gasteiger charge is -2.13. The Morgan fingerprint density at radius 3 is 2.56 bits per heavy atom. The third-order valence-corrected chi connectivity index (χ3v) is 7.70. The minimum absolute atomic E-state index is 0.00637. The Morgan fingerprint density at radius 1 is 1.15 bits per heavy atom. The summed E-state index contributed by atoms with van der Waals surface area (Å²) in [6, 6.07) is 7.36. The number of benzene rings is 1. The van der Waals surface area contributed by atoms with Crippen molar-refractivity contribution in [1.82, 2.24) is 18.7 Å². The van der Waals surface area contributed by atoms with Crippen molar-refractivity contribution >= 4 is 34.4 Å². The first kappa shape index (κ1) is 22.6. The Hall–Kier alpha value is -3.20. The zero-order chi connectivity index (χ0) is 24.1. The Labute approximate surface area is 201 Å². The van der Waals surface area contributed by atoms with Gasteiger partial charge in [-0.2, -0.15) is 0 Å². The number of rotatable bonds is 7. The number of aliphatic imine (C=N–C) groups is 1. The van der Waals surface area contributed by atoms with E-state index in [1.807, 2.05) is 16.7 Å². The number of carbonyl (C=O) groups excluding carboxylic acids is 1. The number of Topliss-reactive ketones (excluding diaryl/α,β-unsaturated/α-hetero) is 1. The number of imidazole rings is 1. The van der Waals surface area contributed by atoms with Gasteiger partial charge in [-0.25, -0.2) is 9.78 Å². The standard InChI is InChI=1S/C25H27N5O3S/c1-5-18-10-17-11-19(17)20(26-18)13-34-24-27-22-21(23(32)29(4)25(33)28(22)3)30(24)12-15-6-8-16(9-7-15)14(2)31/h6-10,17,19H,5,11-13H2,1-4H3. The lowest BCUT2D eigenvalue weighted by molar-refractivity contribution is 0.101. The second-order valence-electron chi connectivity index (χ2n) is 9.02. The summed E-state index contributed by atoms with van der Waals surface area (Å²) in [4.78, 5) is 46.9. The molecule has 1 aromatic carbocycles. The van der Waals surface area contributed by atoms with Crippen LogP contribution in [-0.2, 0) is 20.6 Å². The molecule has 1 aliphatic carbocycles. The zero-order valence-electron chi connectivity index (χ0n) is 19.7. The summed E-state index contributed by atoms with van der Waals surface area (Å²) < 4.78 is 4.42. The van der Waals surface area contributed by atoms with Gasteiger partial charge in [-0.3, -0.25) is 23.7 Å². The Morgan fingerprint density at radius 2 is 1.88 bits per heavy atom. The van der Waals surface area contributed by atoms with E-state index in [0.717, 1.165) is 28.7 Å². The Bertz CT molecular complexity index is 1490. The van der Waals surface area contributed by atoms with Crippen molar-refractivity contribution in [2.45, 2.75) is 38.4 Å². The molecule has 0 radical (unpaired) electrons. The lowest BCUT2D eigenvalue weighted by Crippen LogP contribution is -2.37. The fourth-order valence-electron chi connectivity index (χ4n) is 4.52. The lowest BCUT2D eigenvalue weighted by atomic mass is 10.1. The van der Waals surface area contributed by atoms with Gasteiger partial charge in [0, 0.05) is 42.7 Å². The van der Waals surface area contributed by atoms with E-state index in [0.29, 0.717) is 46.0 Å². The van der Waals surface area contributed by atoms with Gasteiger partial charge in [0.25, 0.3) is 5.56 Å². The molecule has 2 atom stereocenters. The van der Waals surface area contributed by atoms with Gasteiger partial charge in [0.15, 0.2) is 22.1 Å². The summed E-state index contributed by atoms with van der Waals surface area (Å²) in [6.07, 6.45) is 4.36. The number of hydrogen-bond acceptors (Lipinski definition) is 6. The highest BCUT2D eigenvalue weighted by Crippen LogP contribution is 2.46. The highest BCUT2D eigenvalue weighted by molar-refractivity contribution is 7.99. The van der Waals surface area contributed by atoms with Gasteiger partial charge in [-0.15, -0.1) is 0 Å². The fourth-order valence-corrected chi connectivity index (χ4v) is 5.54. The first-order chi connectivity index (χ1) is 16.3. The van der Waals surface area contributed by atoms with Crippen LogP contribution in [0.4, 0.5) is 0 Å². The first-order valence-corrected chi connectivity index (χ1v) is 12.4. The van der Waals surface area contributed by atoms with E-state index in [1.165, 1.54) is 24.3 Å². The number of fused-ring (bicyclic) bond motifs is 2. The van der Waals surface area contributed by atoms with Crippen LogP contribution in [-0.4, -0.2) is 35.9 Å². The van der Waals surface area contributed by atoms with Gasteiger partial charge in [0.2, 0.25) is 0 Å². The minimum Gasteiger partial charge on any atom is -0.309 e. The van der Waals surface area contributed by atoms with Crippen molar-refractivity contribution in [3.63, 3.8) is 0 Å². The molecule has 2 unspecified atom stereocenters. The Kier molecular flexibility index (Phi) is 5.67. The predicted molar refractivity (Wildman–Crippen MR) is 134 cm³/mol. The molecule has 1 aliphatic heterocycles. The molecule has 0 amide bonds. The first-order valence-electron chi connectivity index (χ1n) is 11.5. The maximum Gasteiger partial charge on any atom is 0.332 e. The van der Waals surface area contributed by atoms with Crippen LogP contribution >= 0.6 is 11.8 Å². The molecule has 176 valence electrons. The Balaban J connectivity index is 1.56. The molecule has 1 saturated carbocycles. The van der Waals surface area contributed by atoms with Crippen molar-refractivity contribution in [3.8, 4) is 0 Å². The van der Waals surface area contributed by atoms with Crippen molar-refractivity contribution in [3.05, 3.63) is 68.0 Å². The zero-order valence-corrected chi connectivity index (χ0v) is 20.6. The molecule has 0 bridgehead atoms. The number of allylic oxidation sites excluding steroid dienone is 2. The molecule has 0 saturated heterocycles. The van der Waals surface area contributed by atoms with Crippen molar-refractivity contribution in [1.29, 1.82) is 0 Å². The van der Waals surface area contributed by atoms with Crippen molar-refractivity contribution in [2.75, 3.05) is 5.75 Å².